The minimum absolute atomic E-state index is 0.0895. The van der Waals surface area contributed by atoms with Gasteiger partial charge in [-0.15, -0.1) is 0 Å². The van der Waals surface area contributed by atoms with Gasteiger partial charge in [0.2, 0.25) is 0 Å². The van der Waals surface area contributed by atoms with E-state index in [-0.39, 0.29) is 11.9 Å². The number of halogens is 1. The van der Waals surface area contributed by atoms with Gasteiger partial charge in [0.25, 0.3) is 0 Å². The maximum Gasteiger partial charge on any atom is 0.159 e. The van der Waals surface area contributed by atoms with E-state index in [4.69, 9.17) is 5.73 Å². The number of aryl methyl sites for hydroxylation is 2. The van der Waals surface area contributed by atoms with E-state index in [9.17, 15) is 4.39 Å². The van der Waals surface area contributed by atoms with Crippen molar-refractivity contribution in [2.75, 3.05) is 0 Å². The van der Waals surface area contributed by atoms with Crippen LogP contribution in [0.1, 0.15) is 29.8 Å². The molecule has 0 aliphatic rings. The molecule has 2 aromatic rings. The number of hydrogen-bond acceptors (Lipinski definition) is 3. The van der Waals surface area contributed by atoms with Crippen molar-refractivity contribution in [3.05, 3.63) is 47.0 Å². The summed E-state index contributed by atoms with van der Waals surface area (Å²) >= 11 is 0. The predicted octanol–water partition coefficient (Wildman–Crippen LogP) is 2.92. The number of benzene rings is 1. The van der Waals surface area contributed by atoms with Crippen molar-refractivity contribution in [1.82, 2.24) is 9.97 Å². The molecule has 1 heterocycles. The van der Waals surface area contributed by atoms with Crippen molar-refractivity contribution >= 4 is 0 Å². The topological polar surface area (TPSA) is 51.8 Å². The lowest BCUT2D eigenvalue weighted by Crippen LogP contribution is -2.09. The molecule has 1 aromatic carbocycles. The Kier molecular flexibility index (Phi) is 3.39. The smallest absolute Gasteiger partial charge is 0.159 e. The molecule has 2 N–H and O–H groups in total. The van der Waals surface area contributed by atoms with E-state index in [0.717, 1.165) is 22.4 Å². The van der Waals surface area contributed by atoms with Crippen LogP contribution in [0.2, 0.25) is 0 Å². The van der Waals surface area contributed by atoms with Crippen LogP contribution in [0.15, 0.2) is 24.4 Å². The molecule has 3 nitrogen and oxygen atoms in total. The van der Waals surface area contributed by atoms with Crippen molar-refractivity contribution in [2.45, 2.75) is 26.8 Å². The van der Waals surface area contributed by atoms with Gasteiger partial charge in [-0.1, -0.05) is 0 Å². The van der Waals surface area contributed by atoms with Crippen molar-refractivity contribution in [1.29, 1.82) is 0 Å². The van der Waals surface area contributed by atoms with Crippen molar-refractivity contribution in [3.8, 4) is 11.4 Å². The van der Waals surface area contributed by atoms with Gasteiger partial charge in [0.15, 0.2) is 5.82 Å². The lowest BCUT2D eigenvalue weighted by Gasteiger charge is -2.11. The molecule has 1 unspecified atom stereocenters. The van der Waals surface area contributed by atoms with Crippen molar-refractivity contribution < 1.29 is 4.39 Å². The van der Waals surface area contributed by atoms with Gasteiger partial charge in [-0.2, -0.15) is 0 Å². The first-order valence-corrected chi connectivity index (χ1v) is 5.84. The summed E-state index contributed by atoms with van der Waals surface area (Å²) in [5.41, 5.74) is 9.28. The zero-order chi connectivity index (χ0) is 13.3. The molecule has 1 aromatic heterocycles. The second-order valence-corrected chi connectivity index (χ2v) is 4.48. The molecule has 0 spiro atoms. The molecule has 94 valence electrons. The maximum absolute atomic E-state index is 13.1. The molecule has 18 heavy (non-hydrogen) atoms. The summed E-state index contributed by atoms with van der Waals surface area (Å²) in [7, 11) is 0. The Hall–Kier alpha value is -1.81. The Balaban J connectivity index is 2.49. The summed E-state index contributed by atoms with van der Waals surface area (Å²) in [5, 5.41) is 0. The zero-order valence-electron chi connectivity index (χ0n) is 10.7. The quantitative estimate of drug-likeness (QED) is 0.885. The third-order valence-corrected chi connectivity index (χ3v) is 2.94. The van der Waals surface area contributed by atoms with E-state index >= 15 is 0 Å². The largest absolute Gasteiger partial charge is 0.324 e. The summed E-state index contributed by atoms with van der Waals surface area (Å²) in [6, 6.07) is 4.51. The Morgan fingerprint density at radius 3 is 2.56 bits per heavy atom. The SMILES string of the molecule is Cc1cc(F)ccc1-c1ncc(C(C)N)c(C)n1. The van der Waals surface area contributed by atoms with Crippen LogP contribution in [0.3, 0.4) is 0 Å². The second-order valence-electron chi connectivity index (χ2n) is 4.48. The zero-order valence-corrected chi connectivity index (χ0v) is 10.7. The molecular weight excluding hydrogens is 229 g/mol. The van der Waals surface area contributed by atoms with Crippen LogP contribution in [0.4, 0.5) is 4.39 Å². The third kappa shape index (κ3) is 2.38. The van der Waals surface area contributed by atoms with Gasteiger partial charge in [-0.3, -0.25) is 0 Å². The van der Waals surface area contributed by atoms with E-state index in [1.165, 1.54) is 12.1 Å². The summed E-state index contributed by atoms with van der Waals surface area (Å²) in [4.78, 5) is 8.75. The van der Waals surface area contributed by atoms with Crippen LogP contribution < -0.4 is 5.73 Å². The minimum Gasteiger partial charge on any atom is -0.324 e. The summed E-state index contributed by atoms with van der Waals surface area (Å²) in [6.07, 6.45) is 1.74. The molecule has 2 rings (SSSR count). The fourth-order valence-electron chi connectivity index (χ4n) is 1.93. The standard InChI is InChI=1S/C14H16FN3/c1-8-6-11(15)4-5-12(8)14-17-7-13(9(2)16)10(3)18-14/h4-7,9H,16H2,1-3H3. The van der Waals surface area contributed by atoms with E-state index in [0.29, 0.717) is 5.82 Å². The summed E-state index contributed by atoms with van der Waals surface area (Å²) in [6.45, 7) is 5.65. The summed E-state index contributed by atoms with van der Waals surface area (Å²) in [5.74, 6) is 0.356. The van der Waals surface area contributed by atoms with Crippen LogP contribution in [0.25, 0.3) is 11.4 Å². The highest BCUT2D eigenvalue weighted by Crippen LogP contribution is 2.22. The monoisotopic (exact) mass is 245 g/mol. The Morgan fingerprint density at radius 2 is 2.00 bits per heavy atom. The van der Waals surface area contributed by atoms with Gasteiger partial charge in [-0.25, -0.2) is 14.4 Å². The lowest BCUT2D eigenvalue weighted by molar-refractivity contribution is 0.627. The van der Waals surface area contributed by atoms with Gasteiger partial charge in [0.05, 0.1) is 0 Å². The van der Waals surface area contributed by atoms with Gasteiger partial charge >= 0.3 is 0 Å². The number of rotatable bonds is 2. The van der Waals surface area contributed by atoms with Crippen molar-refractivity contribution in [2.24, 2.45) is 5.73 Å². The predicted molar refractivity (Wildman–Crippen MR) is 69.5 cm³/mol. The number of nitrogens with zero attached hydrogens (tertiary/aromatic N) is 2. The molecule has 0 bridgehead atoms. The number of hydrogen-bond donors (Lipinski definition) is 1. The first-order chi connectivity index (χ1) is 8.49. The van der Waals surface area contributed by atoms with Crippen LogP contribution in [-0.4, -0.2) is 9.97 Å². The molecule has 0 aliphatic carbocycles. The molecule has 0 fully saturated rings. The number of aromatic nitrogens is 2. The fourth-order valence-corrected chi connectivity index (χ4v) is 1.93. The van der Waals surface area contributed by atoms with Gasteiger partial charge in [0, 0.05) is 29.1 Å². The molecular formula is C14H16FN3. The molecule has 0 saturated heterocycles. The molecule has 4 heteroatoms. The van der Waals surface area contributed by atoms with E-state index in [1.54, 1.807) is 12.3 Å². The van der Waals surface area contributed by atoms with Gasteiger partial charge in [-0.05, 0) is 44.5 Å². The Morgan fingerprint density at radius 1 is 1.28 bits per heavy atom. The molecule has 0 amide bonds. The number of nitrogens with two attached hydrogens (primary N) is 1. The fraction of sp³-hybridized carbons (Fsp3) is 0.286. The average molecular weight is 245 g/mol. The van der Waals surface area contributed by atoms with E-state index in [2.05, 4.69) is 9.97 Å². The minimum atomic E-state index is -0.250. The first-order valence-electron chi connectivity index (χ1n) is 5.84. The molecule has 1 atom stereocenters. The second kappa shape index (κ2) is 4.82. The van der Waals surface area contributed by atoms with Gasteiger partial charge < -0.3 is 5.73 Å². The van der Waals surface area contributed by atoms with E-state index in [1.807, 2.05) is 20.8 Å². The molecule has 0 saturated carbocycles. The lowest BCUT2D eigenvalue weighted by atomic mass is 10.1. The first kappa shape index (κ1) is 12.6. The average Bonchev–Trinajstić information content (AvgIpc) is 2.28. The van der Waals surface area contributed by atoms with Crippen LogP contribution >= 0.6 is 0 Å². The van der Waals surface area contributed by atoms with Crippen LogP contribution in [-0.2, 0) is 0 Å². The highest BCUT2D eigenvalue weighted by molar-refractivity contribution is 5.60. The third-order valence-electron chi connectivity index (χ3n) is 2.94. The summed E-state index contributed by atoms with van der Waals surface area (Å²) < 4.78 is 13.1. The van der Waals surface area contributed by atoms with Crippen molar-refractivity contribution in [3.63, 3.8) is 0 Å². The van der Waals surface area contributed by atoms with Gasteiger partial charge in [0.1, 0.15) is 5.82 Å². The Labute approximate surface area is 106 Å². The normalized spacial score (nSPS) is 12.5. The Bertz CT molecular complexity index is 579. The molecule has 0 radical (unpaired) electrons. The van der Waals surface area contributed by atoms with E-state index < -0.39 is 0 Å². The highest BCUT2D eigenvalue weighted by Gasteiger charge is 2.10. The molecule has 0 aliphatic heterocycles. The maximum atomic E-state index is 13.1. The van der Waals surface area contributed by atoms with Crippen LogP contribution in [0.5, 0.6) is 0 Å². The highest BCUT2D eigenvalue weighted by atomic mass is 19.1. The van der Waals surface area contributed by atoms with Crippen LogP contribution in [0, 0.1) is 19.7 Å².